The second-order valence-corrected chi connectivity index (χ2v) is 5.12. The number of ether oxygens (including phenoxy) is 1. The third-order valence-corrected chi connectivity index (χ3v) is 3.34. The molecule has 19 heavy (non-hydrogen) atoms. The third-order valence-electron chi connectivity index (χ3n) is 2.84. The Kier molecular flexibility index (Phi) is 4.71. The highest BCUT2D eigenvalue weighted by Gasteiger charge is 2.24. The molecule has 1 fully saturated rings. The first-order chi connectivity index (χ1) is 9.06. The second-order valence-electron chi connectivity index (χ2n) is 4.20. The van der Waals surface area contributed by atoms with Crippen LogP contribution >= 0.6 is 15.9 Å². The molecule has 2 N–H and O–H groups in total. The molecule has 1 heterocycles. The third kappa shape index (κ3) is 3.87. The van der Waals surface area contributed by atoms with Crippen molar-refractivity contribution in [3.05, 3.63) is 28.2 Å². The predicted molar refractivity (Wildman–Crippen MR) is 69.0 cm³/mol. The Hall–Kier alpha value is -1.21. The summed E-state index contributed by atoms with van der Waals surface area (Å²) in [6, 6.07) is 4.71. The monoisotopic (exact) mass is 334 g/mol. The average molecular weight is 335 g/mol. The van der Waals surface area contributed by atoms with E-state index >= 15 is 0 Å². The van der Waals surface area contributed by atoms with E-state index in [0.717, 1.165) is 4.47 Å². The standard InChI is InChI=1S/C12H13BrF2N2O2/c13-9-1-2-10(19-12(14)15)7(3-9)6-17-11(18)8-4-16-5-8/h1-3,8,12,16H,4-6H2,(H,17,18). The number of rotatable bonds is 5. The molecule has 1 amide bonds. The molecule has 0 radical (unpaired) electrons. The molecular formula is C12H13BrF2N2O2. The molecule has 7 heteroatoms. The summed E-state index contributed by atoms with van der Waals surface area (Å²) in [7, 11) is 0. The van der Waals surface area contributed by atoms with Gasteiger partial charge in [-0.25, -0.2) is 0 Å². The van der Waals surface area contributed by atoms with Gasteiger partial charge in [-0.1, -0.05) is 15.9 Å². The zero-order chi connectivity index (χ0) is 13.8. The molecule has 0 saturated carbocycles. The molecule has 0 aromatic heterocycles. The topological polar surface area (TPSA) is 50.4 Å². The highest BCUT2D eigenvalue weighted by atomic mass is 79.9. The Morgan fingerprint density at radius 1 is 1.53 bits per heavy atom. The maximum atomic E-state index is 12.3. The van der Waals surface area contributed by atoms with Crippen molar-refractivity contribution in [2.45, 2.75) is 13.2 Å². The smallest absolute Gasteiger partial charge is 0.387 e. The van der Waals surface area contributed by atoms with Gasteiger partial charge in [0, 0.05) is 29.7 Å². The summed E-state index contributed by atoms with van der Waals surface area (Å²) in [4.78, 5) is 11.7. The number of nitrogens with one attached hydrogen (secondary N) is 2. The first kappa shape index (κ1) is 14.2. The number of hydrogen-bond acceptors (Lipinski definition) is 3. The fraction of sp³-hybridized carbons (Fsp3) is 0.417. The van der Waals surface area contributed by atoms with Gasteiger partial charge in [0.05, 0.1) is 5.92 Å². The van der Waals surface area contributed by atoms with Crippen LogP contribution in [0, 0.1) is 5.92 Å². The van der Waals surface area contributed by atoms with Crippen LogP contribution in [0.15, 0.2) is 22.7 Å². The van der Waals surface area contributed by atoms with E-state index in [2.05, 4.69) is 31.3 Å². The molecule has 0 bridgehead atoms. The van der Waals surface area contributed by atoms with Crippen molar-refractivity contribution < 1.29 is 18.3 Å². The number of halogens is 3. The molecule has 0 unspecified atom stereocenters. The molecule has 2 rings (SSSR count). The highest BCUT2D eigenvalue weighted by molar-refractivity contribution is 9.10. The Morgan fingerprint density at radius 2 is 2.26 bits per heavy atom. The van der Waals surface area contributed by atoms with E-state index in [-0.39, 0.29) is 24.1 Å². The van der Waals surface area contributed by atoms with Crippen molar-refractivity contribution in [3.63, 3.8) is 0 Å². The molecule has 1 aromatic carbocycles. The molecular weight excluding hydrogens is 322 g/mol. The maximum absolute atomic E-state index is 12.3. The van der Waals surface area contributed by atoms with Crippen LogP contribution in [0.4, 0.5) is 8.78 Å². The summed E-state index contributed by atoms with van der Waals surface area (Å²) in [5, 5.41) is 5.71. The van der Waals surface area contributed by atoms with Crippen molar-refractivity contribution in [2.75, 3.05) is 13.1 Å². The summed E-state index contributed by atoms with van der Waals surface area (Å²) in [5.74, 6) is -0.0430. The van der Waals surface area contributed by atoms with Crippen molar-refractivity contribution >= 4 is 21.8 Å². The summed E-state index contributed by atoms with van der Waals surface area (Å²) in [6.07, 6.45) is 0. The van der Waals surface area contributed by atoms with Crippen molar-refractivity contribution in [1.82, 2.24) is 10.6 Å². The van der Waals surface area contributed by atoms with Gasteiger partial charge in [-0.2, -0.15) is 8.78 Å². The van der Waals surface area contributed by atoms with E-state index in [1.165, 1.54) is 6.07 Å². The summed E-state index contributed by atoms with van der Waals surface area (Å²) >= 11 is 3.26. The van der Waals surface area contributed by atoms with Crippen LogP contribution < -0.4 is 15.4 Å². The van der Waals surface area contributed by atoms with E-state index < -0.39 is 6.61 Å². The van der Waals surface area contributed by atoms with E-state index in [4.69, 9.17) is 0 Å². The van der Waals surface area contributed by atoms with Gasteiger partial charge in [0.25, 0.3) is 0 Å². The predicted octanol–water partition coefficient (Wildman–Crippen LogP) is 1.89. The van der Waals surface area contributed by atoms with Crippen molar-refractivity contribution in [3.8, 4) is 5.75 Å². The van der Waals surface area contributed by atoms with Crippen LogP contribution in [0.2, 0.25) is 0 Å². The van der Waals surface area contributed by atoms with E-state index in [0.29, 0.717) is 18.7 Å². The Morgan fingerprint density at radius 3 is 2.84 bits per heavy atom. The zero-order valence-electron chi connectivity index (χ0n) is 9.96. The average Bonchev–Trinajstić information content (AvgIpc) is 2.26. The first-order valence-corrected chi connectivity index (χ1v) is 6.57. The van der Waals surface area contributed by atoms with Crippen LogP contribution in [-0.2, 0) is 11.3 Å². The number of amides is 1. The lowest BCUT2D eigenvalue weighted by atomic mass is 10.0. The minimum absolute atomic E-state index is 0.0355. The van der Waals surface area contributed by atoms with Gasteiger partial charge >= 0.3 is 6.61 Å². The second kappa shape index (κ2) is 6.29. The van der Waals surface area contributed by atoms with Gasteiger partial charge in [-0.3, -0.25) is 4.79 Å². The molecule has 1 aliphatic rings. The van der Waals surface area contributed by atoms with Crippen LogP contribution in [0.1, 0.15) is 5.56 Å². The maximum Gasteiger partial charge on any atom is 0.387 e. The molecule has 104 valence electrons. The van der Waals surface area contributed by atoms with E-state index in [1.807, 2.05) is 0 Å². The molecule has 1 aliphatic heterocycles. The first-order valence-electron chi connectivity index (χ1n) is 5.78. The van der Waals surface area contributed by atoms with E-state index in [1.54, 1.807) is 12.1 Å². The Balaban J connectivity index is 2.00. The fourth-order valence-corrected chi connectivity index (χ4v) is 2.11. The van der Waals surface area contributed by atoms with Gasteiger partial charge in [-0.15, -0.1) is 0 Å². The lowest BCUT2D eigenvalue weighted by Gasteiger charge is -2.26. The number of alkyl halides is 2. The van der Waals surface area contributed by atoms with Gasteiger partial charge in [0.2, 0.25) is 5.91 Å². The van der Waals surface area contributed by atoms with Gasteiger partial charge in [0.15, 0.2) is 0 Å². The lowest BCUT2D eigenvalue weighted by molar-refractivity contribution is -0.126. The molecule has 0 spiro atoms. The number of carbonyl (C=O) groups excluding carboxylic acids is 1. The van der Waals surface area contributed by atoms with Gasteiger partial charge in [0.1, 0.15) is 5.75 Å². The summed E-state index contributed by atoms with van der Waals surface area (Å²) in [6.45, 7) is -1.40. The SMILES string of the molecule is O=C(NCc1cc(Br)ccc1OC(F)F)C1CNC1. The molecule has 4 nitrogen and oxygen atoms in total. The van der Waals surface area contributed by atoms with Crippen LogP contribution in [-0.4, -0.2) is 25.6 Å². The van der Waals surface area contributed by atoms with Crippen molar-refractivity contribution in [2.24, 2.45) is 5.92 Å². The van der Waals surface area contributed by atoms with Crippen LogP contribution in [0.3, 0.4) is 0 Å². The summed E-state index contributed by atoms with van der Waals surface area (Å²) < 4.78 is 29.7. The van der Waals surface area contributed by atoms with Crippen LogP contribution in [0.5, 0.6) is 5.75 Å². The largest absolute Gasteiger partial charge is 0.434 e. The molecule has 0 aliphatic carbocycles. The lowest BCUT2D eigenvalue weighted by Crippen LogP contribution is -2.50. The minimum Gasteiger partial charge on any atom is -0.434 e. The Labute approximate surface area is 117 Å². The quantitative estimate of drug-likeness (QED) is 0.864. The number of carbonyl (C=O) groups is 1. The van der Waals surface area contributed by atoms with Crippen LogP contribution in [0.25, 0.3) is 0 Å². The fourth-order valence-electron chi connectivity index (χ4n) is 1.70. The number of benzene rings is 1. The van der Waals surface area contributed by atoms with Crippen molar-refractivity contribution in [1.29, 1.82) is 0 Å². The van der Waals surface area contributed by atoms with E-state index in [9.17, 15) is 13.6 Å². The van der Waals surface area contributed by atoms with Gasteiger partial charge < -0.3 is 15.4 Å². The Bertz CT molecular complexity index is 467. The minimum atomic E-state index is -2.88. The van der Waals surface area contributed by atoms with Gasteiger partial charge in [-0.05, 0) is 18.2 Å². The highest BCUT2D eigenvalue weighted by Crippen LogP contribution is 2.24. The molecule has 1 aromatic rings. The summed E-state index contributed by atoms with van der Waals surface area (Å²) in [5.41, 5.74) is 0.510. The normalized spacial score (nSPS) is 15.2. The molecule has 0 atom stereocenters. The molecule has 1 saturated heterocycles. The zero-order valence-corrected chi connectivity index (χ0v) is 11.5. The number of hydrogen-bond donors (Lipinski definition) is 2.